The van der Waals surface area contributed by atoms with Gasteiger partial charge in [0.25, 0.3) is 0 Å². The molecule has 0 saturated carbocycles. The topological polar surface area (TPSA) is 23.6 Å². The zero-order chi connectivity index (χ0) is 15.5. The minimum absolute atomic E-state index is 0.151. The van der Waals surface area contributed by atoms with Crippen molar-refractivity contribution in [3.8, 4) is 0 Å². The van der Waals surface area contributed by atoms with E-state index < -0.39 is 0 Å². The zero-order valence-corrected chi connectivity index (χ0v) is 13.2. The Balaban J connectivity index is 1.81. The van der Waals surface area contributed by atoms with E-state index in [9.17, 15) is 4.79 Å². The molecule has 1 aliphatic heterocycles. The van der Waals surface area contributed by atoms with Crippen LogP contribution in [-0.4, -0.2) is 41.5 Å². The lowest BCUT2D eigenvalue weighted by Gasteiger charge is -2.18. The fourth-order valence-corrected chi connectivity index (χ4v) is 3.06. The van der Waals surface area contributed by atoms with Crippen molar-refractivity contribution in [1.82, 2.24) is 9.80 Å². The van der Waals surface area contributed by atoms with Crippen LogP contribution in [0.25, 0.3) is 16.8 Å². The van der Waals surface area contributed by atoms with Gasteiger partial charge in [-0.25, -0.2) is 4.79 Å². The summed E-state index contributed by atoms with van der Waals surface area (Å²) in [5.74, 6) is 0. The Bertz CT molecular complexity index is 707. The first-order chi connectivity index (χ1) is 10.7. The van der Waals surface area contributed by atoms with Gasteiger partial charge in [0.2, 0.25) is 0 Å². The van der Waals surface area contributed by atoms with Crippen LogP contribution < -0.4 is 0 Å². The third-order valence-electron chi connectivity index (χ3n) is 4.33. The highest BCUT2D eigenvalue weighted by Gasteiger charge is 2.33. The van der Waals surface area contributed by atoms with E-state index in [4.69, 9.17) is 0 Å². The molecule has 1 saturated heterocycles. The molecule has 1 atom stereocenters. The van der Waals surface area contributed by atoms with Crippen molar-refractivity contribution < 1.29 is 4.79 Å². The number of fused-ring (bicyclic) bond motifs is 1. The predicted molar refractivity (Wildman–Crippen MR) is 91.8 cm³/mol. The summed E-state index contributed by atoms with van der Waals surface area (Å²) in [6.45, 7) is 6.38. The Morgan fingerprint density at radius 2 is 1.86 bits per heavy atom. The van der Waals surface area contributed by atoms with E-state index in [1.165, 1.54) is 16.3 Å². The third kappa shape index (κ3) is 2.71. The fourth-order valence-electron chi connectivity index (χ4n) is 3.06. The summed E-state index contributed by atoms with van der Waals surface area (Å²) in [6, 6.07) is 15.1. The van der Waals surface area contributed by atoms with Crippen LogP contribution in [0.3, 0.4) is 0 Å². The number of amides is 2. The van der Waals surface area contributed by atoms with Crippen molar-refractivity contribution in [2.45, 2.75) is 19.9 Å². The van der Waals surface area contributed by atoms with E-state index in [1.807, 2.05) is 23.6 Å². The molecule has 2 aromatic carbocycles. The summed E-state index contributed by atoms with van der Waals surface area (Å²) < 4.78 is 0. The highest BCUT2D eigenvalue weighted by Crippen LogP contribution is 2.20. The van der Waals surface area contributed by atoms with E-state index in [2.05, 4.69) is 54.6 Å². The molecule has 0 aliphatic carbocycles. The average molecular weight is 294 g/mol. The maximum atomic E-state index is 12.2. The van der Waals surface area contributed by atoms with Crippen LogP contribution >= 0.6 is 0 Å². The summed E-state index contributed by atoms with van der Waals surface area (Å²) in [4.78, 5) is 16.0. The molecule has 22 heavy (non-hydrogen) atoms. The second-order valence-electron chi connectivity index (χ2n) is 5.64. The van der Waals surface area contributed by atoms with Gasteiger partial charge in [-0.05, 0) is 36.2 Å². The number of rotatable bonds is 4. The molecule has 1 unspecified atom stereocenters. The Morgan fingerprint density at radius 1 is 1.09 bits per heavy atom. The van der Waals surface area contributed by atoms with Gasteiger partial charge in [-0.2, -0.15) is 0 Å². The van der Waals surface area contributed by atoms with Gasteiger partial charge in [-0.15, -0.1) is 0 Å². The highest BCUT2D eigenvalue weighted by atomic mass is 16.2. The molecular weight excluding hydrogens is 272 g/mol. The quantitative estimate of drug-likeness (QED) is 0.836. The monoisotopic (exact) mass is 294 g/mol. The Kier molecular flexibility index (Phi) is 4.14. The summed E-state index contributed by atoms with van der Waals surface area (Å²) in [5.41, 5.74) is 1.18. The summed E-state index contributed by atoms with van der Waals surface area (Å²) in [7, 11) is 0. The molecule has 0 radical (unpaired) electrons. The van der Waals surface area contributed by atoms with Crippen molar-refractivity contribution >= 4 is 22.9 Å². The minimum atomic E-state index is 0.151. The van der Waals surface area contributed by atoms with Crippen LogP contribution in [0.5, 0.6) is 0 Å². The lowest BCUT2D eigenvalue weighted by molar-refractivity contribution is 0.193. The molecule has 0 spiro atoms. The van der Waals surface area contributed by atoms with Crippen LogP contribution in [0.4, 0.5) is 4.79 Å². The fraction of sp³-hybridized carbons (Fsp3) is 0.316. The van der Waals surface area contributed by atoms with Crippen molar-refractivity contribution in [3.63, 3.8) is 0 Å². The molecule has 0 bridgehead atoms. The zero-order valence-electron chi connectivity index (χ0n) is 13.2. The molecule has 1 fully saturated rings. The second kappa shape index (κ2) is 6.22. The number of hydrogen-bond acceptors (Lipinski definition) is 1. The maximum Gasteiger partial charge on any atom is 0.320 e. The first-order valence-corrected chi connectivity index (χ1v) is 7.95. The second-order valence-corrected chi connectivity index (χ2v) is 5.64. The molecule has 2 aromatic rings. The van der Waals surface area contributed by atoms with Gasteiger partial charge in [0.15, 0.2) is 0 Å². The van der Waals surface area contributed by atoms with E-state index in [0.717, 1.165) is 19.6 Å². The highest BCUT2D eigenvalue weighted by molar-refractivity contribution is 5.84. The minimum Gasteiger partial charge on any atom is -0.323 e. The third-order valence-corrected chi connectivity index (χ3v) is 4.33. The van der Waals surface area contributed by atoms with E-state index in [1.54, 1.807) is 0 Å². The van der Waals surface area contributed by atoms with Crippen LogP contribution in [-0.2, 0) is 0 Å². The summed E-state index contributed by atoms with van der Waals surface area (Å²) in [6.07, 6.45) is 4.29. The number of likely N-dealkylation sites (N-methyl/N-ethyl adjacent to an activating group) is 2. The van der Waals surface area contributed by atoms with E-state index >= 15 is 0 Å². The number of hydrogen-bond donors (Lipinski definition) is 0. The predicted octanol–water partition coefficient (Wildman–Crippen LogP) is 4.00. The van der Waals surface area contributed by atoms with Crippen molar-refractivity contribution in [1.29, 1.82) is 0 Å². The maximum absolute atomic E-state index is 12.2. The lowest BCUT2D eigenvalue weighted by Crippen LogP contribution is -2.33. The lowest BCUT2D eigenvalue weighted by atomic mass is 10.1. The van der Waals surface area contributed by atoms with Gasteiger partial charge in [0.1, 0.15) is 0 Å². The van der Waals surface area contributed by atoms with Crippen LogP contribution in [0.2, 0.25) is 0 Å². The molecular formula is C19H22N2O. The molecule has 0 aromatic heterocycles. The SMILES string of the molecule is CCN1CC(/C=C/c2ccc3ccccc3c2)N(CC)C1=O. The number of carbonyl (C=O) groups excluding carboxylic acids is 1. The van der Waals surface area contributed by atoms with E-state index in [-0.39, 0.29) is 12.1 Å². The van der Waals surface area contributed by atoms with Crippen LogP contribution in [0.15, 0.2) is 48.5 Å². The van der Waals surface area contributed by atoms with Gasteiger partial charge < -0.3 is 9.80 Å². The summed E-state index contributed by atoms with van der Waals surface area (Å²) in [5, 5.41) is 2.50. The Morgan fingerprint density at radius 3 is 2.59 bits per heavy atom. The Labute approximate surface area is 131 Å². The van der Waals surface area contributed by atoms with Gasteiger partial charge >= 0.3 is 6.03 Å². The molecule has 114 valence electrons. The number of carbonyl (C=O) groups is 1. The van der Waals surface area contributed by atoms with Gasteiger partial charge in [-0.3, -0.25) is 0 Å². The molecule has 3 heteroatoms. The Hall–Kier alpha value is -2.29. The molecule has 3 rings (SSSR count). The van der Waals surface area contributed by atoms with E-state index in [0.29, 0.717) is 0 Å². The van der Waals surface area contributed by atoms with Crippen LogP contribution in [0.1, 0.15) is 19.4 Å². The van der Waals surface area contributed by atoms with Crippen molar-refractivity contribution in [3.05, 3.63) is 54.1 Å². The van der Waals surface area contributed by atoms with Crippen molar-refractivity contribution in [2.24, 2.45) is 0 Å². The standard InChI is InChI=1S/C19H22N2O/c1-3-20-14-18(21(4-2)19(20)22)12-10-15-9-11-16-7-5-6-8-17(16)13-15/h5-13,18H,3-4,14H2,1-2H3/b12-10+. The first-order valence-electron chi connectivity index (χ1n) is 7.95. The largest absolute Gasteiger partial charge is 0.323 e. The van der Waals surface area contributed by atoms with Gasteiger partial charge in [-0.1, -0.05) is 48.6 Å². The number of benzene rings is 2. The number of nitrogens with zero attached hydrogens (tertiary/aromatic N) is 2. The normalized spacial score (nSPS) is 18.8. The molecule has 2 amide bonds. The number of urea groups is 1. The van der Waals surface area contributed by atoms with Gasteiger partial charge in [0.05, 0.1) is 6.04 Å². The van der Waals surface area contributed by atoms with Gasteiger partial charge in [0, 0.05) is 19.6 Å². The molecule has 0 N–H and O–H groups in total. The van der Waals surface area contributed by atoms with Crippen LogP contribution in [0, 0.1) is 0 Å². The summed E-state index contributed by atoms with van der Waals surface area (Å²) >= 11 is 0. The smallest absolute Gasteiger partial charge is 0.320 e. The first kappa shape index (κ1) is 14.6. The average Bonchev–Trinajstić information content (AvgIpc) is 2.87. The van der Waals surface area contributed by atoms with Crippen molar-refractivity contribution in [2.75, 3.05) is 19.6 Å². The molecule has 3 nitrogen and oxygen atoms in total. The molecule has 1 heterocycles. The molecule has 1 aliphatic rings.